The Balaban J connectivity index is 1.66. The average Bonchev–Trinajstić information content (AvgIpc) is 2.74. The van der Waals surface area contributed by atoms with Gasteiger partial charge in [0, 0.05) is 36.3 Å². The quantitative estimate of drug-likeness (QED) is 0.671. The van der Waals surface area contributed by atoms with Gasteiger partial charge in [-0.1, -0.05) is 36.4 Å². The maximum Gasteiger partial charge on any atom is 0.276 e. The van der Waals surface area contributed by atoms with Gasteiger partial charge < -0.3 is 9.80 Å². The number of anilines is 3. The van der Waals surface area contributed by atoms with Gasteiger partial charge in [0.15, 0.2) is 0 Å². The summed E-state index contributed by atoms with van der Waals surface area (Å²) in [6.07, 6.45) is 3.94. The van der Waals surface area contributed by atoms with Crippen molar-refractivity contribution < 1.29 is 4.79 Å². The van der Waals surface area contributed by atoms with Crippen LogP contribution in [0.4, 0.5) is 17.1 Å². The molecule has 1 aromatic heterocycles. The number of carbonyl (C=O) groups excluding carboxylic acids is 1. The molecule has 2 aromatic carbocycles. The van der Waals surface area contributed by atoms with Gasteiger partial charge >= 0.3 is 0 Å². The Kier molecular flexibility index (Phi) is 4.88. The van der Waals surface area contributed by atoms with E-state index in [4.69, 9.17) is 0 Å². The van der Waals surface area contributed by atoms with Gasteiger partial charge in [-0.2, -0.15) is 0 Å². The molecule has 4 nitrogen and oxygen atoms in total. The second-order valence-corrected chi connectivity index (χ2v) is 6.67. The van der Waals surface area contributed by atoms with E-state index in [1.165, 1.54) is 11.3 Å². The minimum absolute atomic E-state index is 0.0733. The number of hydrogen-bond donors (Lipinski definition) is 0. The monoisotopic (exact) mass is 357 g/mol. The summed E-state index contributed by atoms with van der Waals surface area (Å²) in [6.45, 7) is 3.53. The maximum absolute atomic E-state index is 13.1. The SMILES string of the molecule is CCN(C(=O)c1cc(N2CCCc3ccccc32)ccn1)c1ccccc1. The third-order valence-corrected chi connectivity index (χ3v) is 5.01. The summed E-state index contributed by atoms with van der Waals surface area (Å²) in [5.74, 6) is -0.0733. The minimum Gasteiger partial charge on any atom is -0.341 e. The number of pyridine rings is 1. The molecular formula is C23H23N3O. The molecule has 136 valence electrons. The highest BCUT2D eigenvalue weighted by atomic mass is 16.2. The molecule has 0 bridgehead atoms. The summed E-state index contributed by atoms with van der Waals surface area (Å²) >= 11 is 0. The molecule has 0 N–H and O–H groups in total. The number of amides is 1. The van der Waals surface area contributed by atoms with Crippen molar-refractivity contribution in [3.05, 3.63) is 84.2 Å². The predicted molar refractivity (Wildman–Crippen MR) is 110 cm³/mol. The lowest BCUT2D eigenvalue weighted by Gasteiger charge is -2.31. The minimum atomic E-state index is -0.0733. The van der Waals surface area contributed by atoms with Gasteiger partial charge in [0.05, 0.1) is 0 Å². The van der Waals surface area contributed by atoms with Crippen LogP contribution in [0.3, 0.4) is 0 Å². The van der Waals surface area contributed by atoms with Crippen LogP contribution in [0.5, 0.6) is 0 Å². The fraction of sp³-hybridized carbons (Fsp3) is 0.217. The molecule has 27 heavy (non-hydrogen) atoms. The fourth-order valence-electron chi connectivity index (χ4n) is 3.70. The van der Waals surface area contributed by atoms with Gasteiger partial charge in [0.1, 0.15) is 5.69 Å². The Morgan fingerprint density at radius 2 is 1.85 bits per heavy atom. The highest BCUT2D eigenvalue weighted by molar-refractivity contribution is 6.05. The molecule has 0 radical (unpaired) electrons. The summed E-state index contributed by atoms with van der Waals surface area (Å²) in [6, 6.07) is 22.1. The number of rotatable bonds is 4. The standard InChI is InChI=1S/C23H23N3O/c1-2-25(19-11-4-3-5-12-19)23(27)21-17-20(14-15-24-21)26-16-8-10-18-9-6-7-13-22(18)26/h3-7,9,11-15,17H,2,8,10,16H2,1H3. The van der Waals surface area contributed by atoms with E-state index in [1.807, 2.05) is 49.4 Å². The Hall–Kier alpha value is -3.14. The zero-order chi connectivity index (χ0) is 18.6. The van der Waals surface area contributed by atoms with Gasteiger partial charge in [0.25, 0.3) is 5.91 Å². The zero-order valence-corrected chi connectivity index (χ0v) is 15.5. The molecule has 0 saturated heterocycles. The van der Waals surface area contributed by atoms with Crippen LogP contribution in [0, 0.1) is 0 Å². The van der Waals surface area contributed by atoms with Crippen molar-refractivity contribution in [3.8, 4) is 0 Å². The van der Waals surface area contributed by atoms with Crippen LogP contribution < -0.4 is 9.80 Å². The zero-order valence-electron chi connectivity index (χ0n) is 15.5. The Labute approximate surface area is 160 Å². The molecule has 0 spiro atoms. The lowest BCUT2D eigenvalue weighted by molar-refractivity contribution is 0.0983. The number of fused-ring (bicyclic) bond motifs is 1. The first-order valence-corrected chi connectivity index (χ1v) is 9.46. The summed E-state index contributed by atoms with van der Waals surface area (Å²) in [5.41, 5.74) is 4.96. The third-order valence-electron chi connectivity index (χ3n) is 5.01. The molecule has 1 amide bonds. The van der Waals surface area contributed by atoms with Crippen molar-refractivity contribution >= 4 is 23.0 Å². The van der Waals surface area contributed by atoms with Crippen LogP contribution in [-0.4, -0.2) is 24.0 Å². The first-order valence-electron chi connectivity index (χ1n) is 9.46. The van der Waals surface area contributed by atoms with Crippen molar-refractivity contribution in [1.82, 2.24) is 4.98 Å². The highest BCUT2D eigenvalue weighted by Crippen LogP contribution is 2.33. The van der Waals surface area contributed by atoms with Crippen LogP contribution in [0.2, 0.25) is 0 Å². The molecule has 1 aliphatic rings. The molecule has 0 atom stereocenters. The molecule has 0 saturated carbocycles. The molecular weight excluding hydrogens is 334 g/mol. The molecule has 0 aliphatic carbocycles. The van der Waals surface area contributed by atoms with E-state index in [2.05, 4.69) is 34.1 Å². The number of carbonyl (C=O) groups is 1. The molecule has 0 unspecified atom stereocenters. The molecule has 2 heterocycles. The van der Waals surface area contributed by atoms with Gasteiger partial charge in [-0.05, 0) is 55.7 Å². The lowest BCUT2D eigenvalue weighted by Crippen LogP contribution is -2.31. The van der Waals surface area contributed by atoms with Crippen LogP contribution >= 0.6 is 0 Å². The molecule has 1 aliphatic heterocycles. The van der Waals surface area contributed by atoms with Crippen molar-refractivity contribution in [2.24, 2.45) is 0 Å². The summed E-state index contributed by atoms with van der Waals surface area (Å²) in [4.78, 5) is 21.5. The number of aromatic nitrogens is 1. The maximum atomic E-state index is 13.1. The smallest absolute Gasteiger partial charge is 0.276 e. The van der Waals surface area contributed by atoms with E-state index >= 15 is 0 Å². The normalized spacial score (nSPS) is 13.1. The van der Waals surface area contributed by atoms with Crippen LogP contribution in [0.1, 0.15) is 29.4 Å². The largest absolute Gasteiger partial charge is 0.341 e. The van der Waals surface area contributed by atoms with Crippen molar-refractivity contribution in [2.45, 2.75) is 19.8 Å². The van der Waals surface area contributed by atoms with Crippen LogP contribution in [-0.2, 0) is 6.42 Å². The van der Waals surface area contributed by atoms with Crippen LogP contribution in [0.25, 0.3) is 0 Å². The van der Waals surface area contributed by atoms with E-state index in [9.17, 15) is 4.79 Å². The lowest BCUT2D eigenvalue weighted by atomic mass is 10.0. The number of nitrogens with zero attached hydrogens (tertiary/aromatic N) is 3. The third kappa shape index (κ3) is 3.43. The number of aryl methyl sites for hydroxylation is 1. The van der Waals surface area contributed by atoms with Gasteiger partial charge in [0.2, 0.25) is 0 Å². The Bertz CT molecular complexity index is 939. The van der Waals surface area contributed by atoms with Crippen molar-refractivity contribution in [2.75, 3.05) is 22.9 Å². The first-order chi connectivity index (χ1) is 13.3. The second kappa shape index (κ2) is 7.62. The van der Waals surface area contributed by atoms with Gasteiger partial charge in [-0.25, -0.2) is 0 Å². The Morgan fingerprint density at radius 3 is 2.67 bits per heavy atom. The van der Waals surface area contributed by atoms with Crippen LogP contribution in [0.15, 0.2) is 72.9 Å². The Morgan fingerprint density at radius 1 is 1.07 bits per heavy atom. The average molecular weight is 357 g/mol. The van der Waals surface area contributed by atoms with Crippen molar-refractivity contribution in [1.29, 1.82) is 0 Å². The summed E-state index contributed by atoms with van der Waals surface area (Å²) in [5, 5.41) is 0. The van der Waals surface area contributed by atoms with E-state index in [0.717, 1.165) is 30.8 Å². The number of hydrogen-bond acceptors (Lipinski definition) is 3. The van der Waals surface area contributed by atoms with E-state index in [1.54, 1.807) is 11.1 Å². The number of benzene rings is 2. The topological polar surface area (TPSA) is 36.4 Å². The van der Waals surface area contributed by atoms with E-state index < -0.39 is 0 Å². The molecule has 0 fully saturated rings. The predicted octanol–water partition coefficient (Wildman–Crippen LogP) is 4.83. The van der Waals surface area contributed by atoms with Crippen molar-refractivity contribution in [3.63, 3.8) is 0 Å². The second-order valence-electron chi connectivity index (χ2n) is 6.67. The molecule has 4 heteroatoms. The van der Waals surface area contributed by atoms with Gasteiger partial charge in [-0.15, -0.1) is 0 Å². The number of para-hydroxylation sites is 2. The molecule has 4 rings (SSSR count). The van der Waals surface area contributed by atoms with E-state index in [0.29, 0.717) is 12.2 Å². The molecule has 3 aromatic rings. The van der Waals surface area contributed by atoms with Gasteiger partial charge in [-0.3, -0.25) is 9.78 Å². The fourth-order valence-corrected chi connectivity index (χ4v) is 3.70. The highest BCUT2D eigenvalue weighted by Gasteiger charge is 2.21. The summed E-state index contributed by atoms with van der Waals surface area (Å²) in [7, 11) is 0. The van der Waals surface area contributed by atoms with E-state index in [-0.39, 0.29) is 5.91 Å². The summed E-state index contributed by atoms with van der Waals surface area (Å²) < 4.78 is 0. The first kappa shape index (κ1) is 17.3.